The average Bonchev–Trinajstić information content (AvgIpc) is 3.88. The highest BCUT2D eigenvalue weighted by molar-refractivity contribution is 6.09. The molecule has 1 fully saturated rings. The van der Waals surface area contributed by atoms with Crippen LogP contribution in [0.5, 0.6) is 0 Å². The summed E-state index contributed by atoms with van der Waals surface area (Å²) in [5.74, 6) is 0. The zero-order valence-electron chi connectivity index (χ0n) is 27.4. The molecule has 4 heterocycles. The van der Waals surface area contributed by atoms with Crippen LogP contribution in [0.4, 0.5) is 0 Å². The number of fused-ring (bicyclic) bond motifs is 9. The molecule has 0 amide bonds. The van der Waals surface area contributed by atoms with Crippen LogP contribution in [-0.4, -0.2) is 0 Å². The molecule has 3 atom stereocenters. The van der Waals surface area contributed by atoms with Gasteiger partial charge in [-0.3, -0.25) is 16.0 Å². The lowest BCUT2D eigenvalue weighted by molar-refractivity contribution is 0.203. The van der Waals surface area contributed by atoms with Crippen LogP contribution >= 0.6 is 0 Å². The quantitative estimate of drug-likeness (QED) is 0.174. The molecule has 0 aliphatic carbocycles. The summed E-state index contributed by atoms with van der Waals surface area (Å²) in [6.07, 6.45) is -0.499. The van der Waals surface area contributed by atoms with E-state index < -0.39 is 0 Å². The van der Waals surface area contributed by atoms with Crippen molar-refractivity contribution < 1.29 is 13.3 Å². The van der Waals surface area contributed by atoms with Gasteiger partial charge in [-0.25, -0.2) is 0 Å². The Kier molecular flexibility index (Phi) is 6.27. The van der Waals surface area contributed by atoms with Crippen molar-refractivity contribution in [3.05, 3.63) is 168 Å². The predicted octanol–water partition coefficient (Wildman–Crippen LogP) is 11.2. The normalized spacial score (nSPS) is 18.2. The van der Waals surface area contributed by atoms with Gasteiger partial charge in [0.2, 0.25) is 0 Å². The highest BCUT2D eigenvalue weighted by Crippen LogP contribution is 2.39. The van der Waals surface area contributed by atoms with Gasteiger partial charge in [0.1, 0.15) is 33.5 Å². The van der Waals surface area contributed by atoms with Crippen LogP contribution in [0.2, 0.25) is 0 Å². The largest absolute Gasteiger partial charge is 0.456 e. The van der Waals surface area contributed by atoms with E-state index in [1.165, 1.54) is 0 Å². The fourth-order valence-electron chi connectivity index (χ4n) is 7.91. The van der Waals surface area contributed by atoms with Crippen molar-refractivity contribution >= 4 is 65.8 Å². The molecular weight excluding hydrogens is 631 g/mol. The lowest BCUT2D eigenvalue weighted by atomic mass is 10.00. The number of hydrogen-bond acceptors (Lipinski definition) is 6. The van der Waals surface area contributed by atoms with Gasteiger partial charge in [-0.2, -0.15) is 0 Å². The third-order valence-electron chi connectivity index (χ3n) is 10.4. The van der Waals surface area contributed by atoms with E-state index in [0.717, 1.165) is 93.6 Å². The predicted molar refractivity (Wildman–Crippen MR) is 204 cm³/mol. The minimum atomic E-state index is -0.215. The maximum atomic E-state index is 6.78. The molecule has 0 radical (unpaired) electrons. The molecule has 0 saturated carbocycles. The smallest absolute Gasteiger partial charge is 0.141 e. The van der Waals surface area contributed by atoms with E-state index in [0.29, 0.717) is 0 Å². The third kappa shape index (κ3) is 4.62. The second-order valence-corrected chi connectivity index (χ2v) is 13.4. The van der Waals surface area contributed by atoms with Gasteiger partial charge in [-0.05, 0) is 64.7 Å². The third-order valence-corrected chi connectivity index (χ3v) is 10.4. The second-order valence-electron chi connectivity index (χ2n) is 13.4. The molecule has 0 spiro atoms. The highest BCUT2D eigenvalue weighted by atomic mass is 16.3. The molecule has 10 aromatic rings. The summed E-state index contributed by atoms with van der Waals surface area (Å²) in [4.78, 5) is 0. The van der Waals surface area contributed by atoms with E-state index in [1.54, 1.807) is 0 Å². The first kappa shape index (κ1) is 28.6. The van der Waals surface area contributed by atoms with Crippen molar-refractivity contribution in [3.8, 4) is 11.1 Å². The van der Waals surface area contributed by atoms with Crippen LogP contribution in [0.15, 0.2) is 165 Å². The Balaban J connectivity index is 0.997. The molecule has 244 valence electrons. The molecule has 1 saturated heterocycles. The molecule has 1 aliphatic rings. The van der Waals surface area contributed by atoms with Crippen molar-refractivity contribution in [3.63, 3.8) is 0 Å². The molecular formula is C45H31N3O3. The van der Waals surface area contributed by atoms with Crippen molar-refractivity contribution in [1.82, 2.24) is 16.0 Å². The zero-order chi connectivity index (χ0) is 33.5. The first-order valence-electron chi connectivity index (χ1n) is 17.3. The Morgan fingerprint density at radius 1 is 0.333 bits per heavy atom. The summed E-state index contributed by atoms with van der Waals surface area (Å²) in [7, 11) is 0. The average molecular weight is 662 g/mol. The Morgan fingerprint density at radius 2 is 0.902 bits per heavy atom. The lowest BCUT2D eigenvalue weighted by Crippen LogP contribution is -2.54. The first-order chi connectivity index (χ1) is 25.2. The molecule has 51 heavy (non-hydrogen) atoms. The standard InChI is InChI=1S/C45H31N3O3/c1-2-9-26(10-3-1)43-46-44(29-18-21-32-30-11-4-6-15-37(30)50-40(32)25-29)48-45(47-43)35-14-8-13-34-33-20-17-28(24-41(33)51-42(34)35)27-19-22-39-36(23-27)31-12-5-7-16-38(31)49-39/h1-25,43-48H. The second kappa shape index (κ2) is 11.2. The number of rotatable bonds is 4. The number of hydrogen-bond donors (Lipinski definition) is 3. The van der Waals surface area contributed by atoms with E-state index in [9.17, 15) is 0 Å². The molecule has 1 aliphatic heterocycles. The van der Waals surface area contributed by atoms with Gasteiger partial charge in [0.25, 0.3) is 0 Å². The lowest BCUT2D eigenvalue weighted by Gasteiger charge is -2.39. The Labute approximate surface area is 292 Å². The van der Waals surface area contributed by atoms with Gasteiger partial charge in [-0.15, -0.1) is 0 Å². The van der Waals surface area contributed by atoms with Gasteiger partial charge in [0.15, 0.2) is 0 Å². The summed E-state index contributed by atoms with van der Waals surface area (Å²) < 4.78 is 19.2. The molecule has 11 rings (SSSR count). The Bertz CT molecular complexity index is 2940. The molecule has 6 nitrogen and oxygen atoms in total. The SMILES string of the molecule is c1ccc(C2NC(c3ccc4c(c3)oc3ccccc34)NC(c3cccc4c3oc3cc(-c5ccc6oc7ccccc7c6c5)ccc34)N2)cc1. The highest BCUT2D eigenvalue weighted by Gasteiger charge is 2.32. The van der Waals surface area contributed by atoms with E-state index in [-0.39, 0.29) is 18.5 Å². The van der Waals surface area contributed by atoms with Crippen LogP contribution in [0.1, 0.15) is 35.2 Å². The number of para-hydroxylation sites is 3. The van der Waals surface area contributed by atoms with Crippen LogP contribution in [0.25, 0.3) is 76.9 Å². The maximum absolute atomic E-state index is 6.78. The van der Waals surface area contributed by atoms with Crippen LogP contribution < -0.4 is 16.0 Å². The monoisotopic (exact) mass is 661 g/mol. The topological polar surface area (TPSA) is 75.5 Å². The first-order valence-corrected chi connectivity index (χ1v) is 17.3. The summed E-state index contributed by atoms with van der Waals surface area (Å²) in [6, 6.07) is 52.7. The van der Waals surface area contributed by atoms with Crippen molar-refractivity contribution in [2.24, 2.45) is 0 Å². The van der Waals surface area contributed by atoms with Crippen molar-refractivity contribution in [1.29, 1.82) is 0 Å². The minimum Gasteiger partial charge on any atom is -0.456 e. The van der Waals surface area contributed by atoms with E-state index in [4.69, 9.17) is 13.3 Å². The molecule has 6 heteroatoms. The van der Waals surface area contributed by atoms with Gasteiger partial charge < -0.3 is 13.3 Å². The number of nitrogens with one attached hydrogen (secondary N) is 3. The minimum absolute atomic E-state index is 0.117. The molecule has 3 unspecified atom stereocenters. The Morgan fingerprint density at radius 3 is 1.75 bits per heavy atom. The fourth-order valence-corrected chi connectivity index (χ4v) is 7.91. The molecule has 3 N–H and O–H groups in total. The van der Waals surface area contributed by atoms with Crippen LogP contribution in [0.3, 0.4) is 0 Å². The van der Waals surface area contributed by atoms with Crippen molar-refractivity contribution in [2.75, 3.05) is 0 Å². The van der Waals surface area contributed by atoms with E-state index in [2.05, 4.69) is 137 Å². The van der Waals surface area contributed by atoms with Crippen LogP contribution in [0, 0.1) is 0 Å². The van der Waals surface area contributed by atoms with Crippen molar-refractivity contribution in [2.45, 2.75) is 18.5 Å². The molecule has 7 aromatic carbocycles. The number of benzene rings is 7. The number of furan rings is 3. The summed E-state index contributed by atoms with van der Waals surface area (Å²) in [6.45, 7) is 0. The van der Waals surface area contributed by atoms with Gasteiger partial charge in [0, 0.05) is 37.9 Å². The van der Waals surface area contributed by atoms with Crippen LogP contribution in [-0.2, 0) is 0 Å². The summed E-state index contributed by atoms with van der Waals surface area (Å²) in [5.41, 5.74) is 10.8. The fraction of sp³-hybridized carbons (Fsp3) is 0.0667. The van der Waals surface area contributed by atoms with Gasteiger partial charge in [0.05, 0.1) is 18.5 Å². The van der Waals surface area contributed by atoms with Gasteiger partial charge >= 0.3 is 0 Å². The van der Waals surface area contributed by atoms with E-state index in [1.807, 2.05) is 30.3 Å². The maximum Gasteiger partial charge on any atom is 0.141 e. The summed E-state index contributed by atoms with van der Waals surface area (Å²) in [5, 5.41) is 18.1. The van der Waals surface area contributed by atoms with Gasteiger partial charge in [-0.1, -0.05) is 109 Å². The molecule has 3 aromatic heterocycles. The molecule has 0 bridgehead atoms. The summed E-state index contributed by atoms with van der Waals surface area (Å²) >= 11 is 0. The van der Waals surface area contributed by atoms with E-state index >= 15 is 0 Å². The Hall–Kier alpha value is -6.18. The zero-order valence-corrected chi connectivity index (χ0v) is 27.4.